The van der Waals surface area contributed by atoms with Crippen LogP contribution in [0.3, 0.4) is 0 Å². The maximum Gasteiger partial charge on any atom is 0.223 e. The van der Waals surface area contributed by atoms with Gasteiger partial charge in [-0.3, -0.25) is 9.78 Å². The number of likely N-dealkylation sites (tertiary alicyclic amines) is 1. The lowest BCUT2D eigenvalue weighted by Crippen LogP contribution is -2.37. The Kier molecular flexibility index (Phi) is 5.76. The van der Waals surface area contributed by atoms with Gasteiger partial charge in [0.05, 0.1) is 6.04 Å². The molecule has 0 bridgehead atoms. The first-order valence-corrected chi connectivity index (χ1v) is 8.81. The Hall–Kier alpha value is -2.27. The highest BCUT2D eigenvalue weighted by molar-refractivity contribution is 5.79. The molecular formula is C20H24FN3O. The Labute approximate surface area is 148 Å². The van der Waals surface area contributed by atoms with Gasteiger partial charge in [-0.05, 0) is 55.6 Å². The van der Waals surface area contributed by atoms with E-state index in [1.807, 2.05) is 30.2 Å². The van der Waals surface area contributed by atoms with Crippen LogP contribution < -0.4 is 5.32 Å². The highest BCUT2D eigenvalue weighted by Gasteiger charge is 2.34. The zero-order chi connectivity index (χ0) is 17.6. The van der Waals surface area contributed by atoms with E-state index in [1.165, 1.54) is 12.1 Å². The molecule has 4 nitrogen and oxygen atoms in total. The quantitative estimate of drug-likeness (QED) is 0.785. The molecule has 1 N–H and O–H groups in total. The van der Waals surface area contributed by atoms with Gasteiger partial charge in [-0.1, -0.05) is 18.2 Å². The van der Waals surface area contributed by atoms with Crippen molar-refractivity contribution in [2.75, 3.05) is 6.54 Å². The number of benzene rings is 1. The van der Waals surface area contributed by atoms with Gasteiger partial charge in [-0.2, -0.15) is 0 Å². The van der Waals surface area contributed by atoms with Gasteiger partial charge in [-0.15, -0.1) is 0 Å². The van der Waals surface area contributed by atoms with Crippen molar-refractivity contribution in [2.24, 2.45) is 0 Å². The third kappa shape index (κ3) is 4.42. The highest BCUT2D eigenvalue weighted by atomic mass is 19.1. The van der Waals surface area contributed by atoms with Crippen molar-refractivity contribution in [1.29, 1.82) is 0 Å². The second-order valence-electron chi connectivity index (χ2n) is 6.55. The standard InChI is InChI=1S/C20H24FN3O/c1-15(17-4-6-18(21)7-5-17)24-19(8-9-20(24)25)10-12-23-14-16-3-2-11-22-13-16/h2-7,11,13,15,19,23H,8-10,12,14H2,1H3/t15-,19-/m0/s1. The molecule has 0 aliphatic carbocycles. The number of rotatable bonds is 7. The average molecular weight is 341 g/mol. The van der Waals surface area contributed by atoms with Crippen LogP contribution >= 0.6 is 0 Å². The van der Waals surface area contributed by atoms with E-state index in [2.05, 4.69) is 10.3 Å². The Morgan fingerprint density at radius 1 is 1.32 bits per heavy atom. The summed E-state index contributed by atoms with van der Waals surface area (Å²) >= 11 is 0. The summed E-state index contributed by atoms with van der Waals surface area (Å²) in [5.41, 5.74) is 2.13. The van der Waals surface area contributed by atoms with Crippen molar-refractivity contribution in [2.45, 2.75) is 44.8 Å². The summed E-state index contributed by atoms with van der Waals surface area (Å²) in [7, 11) is 0. The molecule has 1 aliphatic heterocycles. The molecule has 3 rings (SSSR count). The molecule has 2 heterocycles. The number of hydrogen-bond donors (Lipinski definition) is 1. The summed E-state index contributed by atoms with van der Waals surface area (Å²) in [4.78, 5) is 18.4. The number of nitrogens with one attached hydrogen (secondary N) is 1. The molecular weight excluding hydrogens is 317 g/mol. The first kappa shape index (κ1) is 17.5. The molecule has 5 heteroatoms. The average Bonchev–Trinajstić information content (AvgIpc) is 3.00. The summed E-state index contributed by atoms with van der Waals surface area (Å²) in [5, 5.41) is 3.42. The minimum atomic E-state index is -0.250. The van der Waals surface area contributed by atoms with Gasteiger partial charge in [0, 0.05) is 31.4 Å². The molecule has 1 aromatic carbocycles. The number of carbonyl (C=O) groups is 1. The molecule has 1 amide bonds. The van der Waals surface area contributed by atoms with Crippen LogP contribution in [0.2, 0.25) is 0 Å². The Bertz CT molecular complexity index is 690. The maximum atomic E-state index is 13.1. The van der Waals surface area contributed by atoms with Crippen LogP contribution in [0.5, 0.6) is 0 Å². The van der Waals surface area contributed by atoms with Crippen molar-refractivity contribution in [3.8, 4) is 0 Å². The van der Waals surface area contributed by atoms with Crippen LogP contribution in [0.4, 0.5) is 4.39 Å². The van der Waals surface area contributed by atoms with E-state index in [1.54, 1.807) is 18.3 Å². The number of hydrogen-bond acceptors (Lipinski definition) is 3. The number of carbonyl (C=O) groups excluding carboxylic acids is 1. The number of nitrogens with zero attached hydrogens (tertiary/aromatic N) is 2. The van der Waals surface area contributed by atoms with Crippen molar-refractivity contribution < 1.29 is 9.18 Å². The fraction of sp³-hybridized carbons (Fsp3) is 0.400. The fourth-order valence-corrected chi connectivity index (χ4v) is 3.48. The van der Waals surface area contributed by atoms with E-state index in [9.17, 15) is 9.18 Å². The maximum absolute atomic E-state index is 13.1. The van der Waals surface area contributed by atoms with Gasteiger partial charge in [0.1, 0.15) is 5.82 Å². The fourth-order valence-electron chi connectivity index (χ4n) is 3.48. The lowest BCUT2D eigenvalue weighted by atomic mass is 10.0. The predicted molar refractivity (Wildman–Crippen MR) is 95.2 cm³/mol. The van der Waals surface area contributed by atoms with E-state index < -0.39 is 0 Å². The summed E-state index contributed by atoms with van der Waals surface area (Å²) < 4.78 is 13.1. The van der Waals surface area contributed by atoms with Gasteiger partial charge >= 0.3 is 0 Å². The predicted octanol–water partition coefficient (Wildman–Crippen LogP) is 3.45. The highest BCUT2D eigenvalue weighted by Crippen LogP contribution is 2.31. The van der Waals surface area contributed by atoms with E-state index in [-0.39, 0.29) is 23.8 Å². The van der Waals surface area contributed by atoms with Crippen LogP contribution in [0.1, 0.15) is 43.4 Å². The zero-order valence-corrected chi connectivity index (χ0v) is 14.5. The summed E-state index contributed by atoms with van der Waals surface area (Å²) in [5.74, 6) is -0.0612. The Morgan fingerprint density at radius 3 is 2.84 bits per heavy atom. The van der Waals surface area contributed by atoms with Crippen molar-refractivity contribution >= 4 is 5.91 Å². The first-order chi connectivity index (χ1) is 12.1. The molecule has 1 aliphatic rings. The van der Waals surface area contributed by atoms with Gasteiger partial charge < -0.3 is 10.2 Å². The topological polar surface area (TPSA) is 45.2 Å². The number of halogens is 1. The van der Waals surface area contributed by atoms with Crippen molar-refractivity contribution in [3.05, 3.63) is 65.7 Å². The zero-order valence-electron chi connectivity index (χ0n) is 14.5. The molecule has 1 aromatic heterocycles. The summed E-state index contributed by atoms with van der Waals surface area (Å²) in [6, 6.07) is 10.6. The number of amides is 1. The number of aromatic nitrogens is 1. The molecule has 0 unspecified atom stereocenters. The van der Waals surface area contributed by atoms with Gasteiger partial charge in [0.15, 0.2) is 0 Å². The van der Waals surface area contributed by atoms with E-state index in [4.69, 9.17) is 0 Å². The summed E-state index contributed by atoms with van der Waals surface area (Å²) in [6.07, 6.45) is 6.02. The van der Waals surface area contributed by atoms with Crippen LogP contribution in [0.15, 0.2) is 48.8 Å². The molecule has 1 fully saturated rings. The van der Waals surface area contributed by atoms with Gasteiger partial charge in [0.2, 0.25) is 5.91 Å². The minimum absolute atomic E-state index is 0.0288. The molecule has 2 atom stereocenters. The van der Waals surface area contributed by atoms with Gasteiger partial charge in [0.25, 0.3) is 0 Å². The second kappa shape index (κ2) is 8.21. The van der Waals surface area contributed by atoms with Crippen LogP contribution in [-0.2, 0) is 11.3 Å². The molecule has 2 aromatic rings. The molecule has 0 spiro atoms. The van der Waals surface area contributed by atoms with Gasteiger partial charge in [-0.25, -0.2) is 4.39 Å². The molecule has 0 saturated carbocycles. The Balaban J connectivity index is 1.55. The largest absolute Gasteiger partial charge is 0.333 e. The molecule has 1 saturated heterocycles. The first-order valence-electron chi connectivity index (χ1n) is 8.81. The van der Waals surface area contributed by atoms with Crippen molar-refractivity contribution in [1.82, 2.24) is 15.2 Å². The monoisotopic (exact) mass is 341 g/mol. The normalized spacial score (nSPS) is 18.6. The van der Waals surface area contributed by atoms with E-state index >= 15 is 0 Å². The molecule has 0 radical (unpaired) electrons. The minimum Gasteiger partial charge on any atom is -0.333 e. The van der Waals surface area contributed by atoms with Crippen LogP contribution in [0, 0.1) is 5.82 Å². The Morgan fingerprint density at radius 2 is 2.12 bits per heavy atom. The lowest BCUT2D eigenvalue weighted by Gasteiger charge is -2.31. The lowest BCUT2D eigenvalue weighted by molar-refractivity contribution is -0.131. The third-order valence-corrected chi connectivity index (χ3v) is 4.85. The smallest absolute Gasteiger partial charge is 0.223 e. The van der Waals surface area contributed by atoms with Crippen LogP contribution in [-0.4, -0.2) is 28.4 Å². The SMILES string of the molecule is C[C@@H](c1ccc(F)cc1)N1C(=O)CC[C@H]1CCNCc1cccnc1. The third-order valence-electron chi connectivity index (χ3n) is 4.85. The van der Waals surface area contributed by atoms with Crippen molar-refractivity contribution in [3.63, 3.8) is 0 Å². The number of pyridine rings is 1. The second-order valence-corrected chi connectivity index (χ2v) is 6.55. The van der Waals surface area contributed by atoms with E-state index in [0.717, 1.165) is 37.1 Å². The summed E-state index contributed by atoms with van der Waals surface area (Å²) in [6.45, 7) is 3.65. The molecule has 25 heavy (non-hydrogen) atoms. The van der Waals surface area contributed by atoms with Crippen LogP contribution in [0.25, 0.3) is 0 Å². The molecule has 132 valence electrons. The van der Waals surface area contributed by atoms with E-state index in [0.29, 0.717) is 6.42 Å².